The van der Waals surface area contributed by atoms with Crippen LogP contribution in [-0.4, -0.2) is 18.2 Å². The van der Waals surface area contributed by atoms with Gasteiger partial charge in [0.15, 0.2) is 0 Å². The van der Waals surface area contributed by atoms with Crippen LogP contribution >= 0.6 is 0 Å². The molecule has 8 heteroatoms. The van der Waals surface area contributed by atoms with Crippen LogP contribution in [0.2, 0.25) is 0 Å². The summed E-state index contributed by atoms with van der Waals surface area (Å²) in [6, 6.07) is 1.65. The number of hydrogen-bond donors (Lipinski definition) is 0. The van der Waals surface area contributed by atoms with E-state index >= 15 is 0 Å². The third-order valence-corrected chi connectivity index (χ3v) is 4.00. The van der Waals surface area contributed by atoms with Crippen LogP contribution < -0.4 is 10.4 Å². The van der Waals surface area contributed by atoms with Crippen molar-refractivity contribution in [2.45, 2.75) is 6.92 Å². The van der Waals surface area contributed by atoms with Crippen molar-refractivity contribution in [2.75, 3.05) is 0 Å². The predicted octanol–water partition coefficient (Wildman–Crippen LogP) is 2.10. The number of halogens is 6. The molecule has 0 atom stereocenters. The van der Waals surface area contributed by atoms with Gasteiger partial charge in [-0.3, -0.25) is 0 Å². The largest absolute Gasteiger partial charge is 0.653 e. The van der Waals surface area contributed by atoms with Gasteiger partial charge in [0.2, 0.25) is 0 Å². The van der Waals surface area contributed by atoms with E-state index < -0.39 is 28.5 Å². The molecule has 0 unspecified atom stereocenters. The molecule has 0 amide bonds. The Morgan fingerprint density at radius 1 is 0.867 bits per heavy atom. The highest BCUT2D eigenvalue weighted by molar-refractivity contribution is 6.75. The fraction of sp³-hybridized carbons (Fsp3) is 0.143. The number of benzene rings is 1. The highest BCUT2D eigenvalue weighted by Gasteiger charge is 2.44. The zero-order valence-corrected chi connectivity index (χ0v) is 9.50. The molecule has 0 aromatic heterocycles. The molecule has 15 heavy (non-hydrogen) atoms. The maximum Gasteiger partial charge on any atom is 0.653 e. The van der Waals surface area contributed by atoms with Gasteiger partial charge >= 0.3 is 18.2 Å². The molecule has 1 rings (SSSR count). The Kier molecular flexibility index (Phi) is 3.01. The second-order valence-corrected chi connectivity index (χ2v) is 6.13. The number of rotatable bonds is 2. The molecule has 1 aromatic rings. The van der Waals surface area contributed by atoms with E-state index in [0.29, 0.717) is 18.2 Å². The minimum absolute atomic E-state index is 0.337. The van der Waals surface area contributed by atoms with Crippen LogP contribution in [0.15, 0.2) is 18.2 Å². The Hall–Kier alpha value is -0.766. The third-order valence-electron chi connectivity index (χ3n) is 1.86. The Morgan fingerprint density at radius 3 is 1.73 bits per heavy atom. The zero-order chi connectivity index (χ0) is 11.9. The highest BCUT2D eigenvalue weighted by Crippen LogP contribution is 2.14. The molecule has 0 nitrogen and oxygen atoms in total. The van der Waals surface area contributed by atoms with Crippen LogP contribution in [0.3, 0.4) is 0 Å². The van der Waals surface area contributed by atoms with Crippen molar-refractivity contribution in [1.29, 1.82) is 0 Å². The molecule has 0 saturated carbocycles. The first kappa shape index (κ1) is 12.3. The van der Waals surface area contributed by atoms with Gasteiger partial charge in [-0.15, -0.1) is 0 Å². The van der Waals surface area contributed by atoms with Gasteiger partial charge in [-0.05, 0) is 12.5 Å². The molecule has 1 aromatic carbocycles. The van der Waals surface area contributed by atoms with E-state index in [1.807, 2.05) is 0 Å². The average molecular weight is 260 g/mol. The van der Waals surface area contributed by atoms with Crippen molar-refractivity contribution in [3.63, 3.8) is 0 Å². The summed E-state index contributed by atoms with van der Waals surface area (Å²) in [7, 11) is -12.0. The quantitative estimate of drug-likeness (QED) is 0.434. The lowest BCUT2D eigenvalue weighted by Crippen LogP contribution is -2.40. The highest BCUT2D eigenvalue weighted by atomic mass is 28.5. The van der Waals surface area contributed by atoms with E-state index in [-0.39, 0.29) is 5.56 Å². The van der Waals surface area contributed by atoms with Crippen molar-refractivity contribution >= 4 is 28.5 Å². The second kappa shape index (κ2) is 3.67. The molecule has 84 valence electrons. The average Bonchev–Trinajstić information content (AvgIpc) is 1.99. The van der Waals surface area contributed by atoms with Crippen LogP contribution in [0.4, 0.5) is 24.6 Å². The van der Waals surface area contributed by atoms with E-state index in [1.54, 1.807) is 0 Å². The summed E-state index contributed by atoms with van der Waals surface area (Å²) in [5, 5.41) is -1.80. The van der Waals surface area contributed by atoms with Crippen LogP contribution in [0.1, 0.15) is 5.56 Å². The Bertz CT molecular complexity index is 367. The monoisotopic (exact) mass is 260 g/mol. The molecule has 0 heterocycles. The molecule has 0 bridgehead atoms. The van der Waals surface area contributed by atoms with Crippen molar-refractivity contribution < 1.29 is 24.6 Å². The van der Waals surface area contributed by atoms with Gasteiger partial charge < -0.3 is 0 Å². The van der Waals surface area contributed by atoms with E-state index in [0.717, 1.165) is 6.92 Å². The first-order valence-electron chi connectivity index (χ1n) is 3.87. The molecular weight excluding hydrogens is 254 g/mol. The fourth-order valence-electron chi connectivity index (χ4n) is 1.16. The van der Waals surface area contributed by atoms with E-state index in [4.69, 9.17) is 0 Å². The molecular formula is C7H6F6Si2. The predicted molar refractivity (Wildman–Crippen MR) is 48.6 cm³/mol. The van der Waals surface area contributed by atoms with Crippen LogP contribution in [0.25, 0.3) is 0 Å². The normalized spacial score (nSPS) is 13.0. The summed E-state index contributed by atoms with van der Waals surface area (Å²) in [6.07, 6.45) is 0. The first-order valence-corrected chi connectivity index (χ1v) is 7.14. The summed E-state index contributed by atoms with van der Waals surface area (Å²) in [5.41, 5.74) is -0.337. The number of hydrogen-bond acceptors (Lipinski definition) is 0. The van der Waals surface area contributed by atoms with Gasteiger partial charge in [0.05, 0.1) is 0 Å². The van der Waals surface area contributed by atoms with Crippen LogP contribution in [0, 0.1) is 6.92 Å². The van der Waals surface area contributed by atoms with Crippen molar-refractivity contribution in [3.05, 3.63) is 23.8 Å². The maximum atomic E-state index is 12.3. The second-order valence-electron chi connectivity index (χ2n) is 3.03. The lowest BCUT2D eigenvalue weighted by molar-refractivity contribution is 0.497. The fourth-order valence-corrected chi connectivity index (χ4v) is 2.60. The lowest BCUT2D eigenvalue weighted by Gasteiger charge is -2.09. The zero-order valence-electron chi connectivity index (χ0n) is 7.50. The van der Waals surface area contributed by atoms with Crippen molar-refractivity contribution in [3.8, 4) is 0 Å². The molecule has 0 spiro atoms. The lowest BCUT2D eigenvalue weighted by atomic mass is 10.2. The Balaban J connectivity index is 3.21. The topological polar surface area (TPSA) is 0 Å². The molecule has 0 fully saturated rings. The van der Waals surface area contributed by atoms with Gasteiger partial charge in [0.1, 0.15) is 0 Å². The standard InChI is InChI=1S/C7H6F6Si2/c1-5-4-6(14(8,9)10)2-3-7(5)15(11,12)13/h2-4H,1H3. The molecule has 0 aliphatic heterocycles. The summed E-state index contributed by atoms with van der Waals surface area (Å²) < 4.78 is 73.8. The minimum atomic E-state index is -6.01. The molecule has 0 aliphatic carbocycles. The summed E-state index contributed by atoms with van der Waals surface area (Å²) in [4.78, 5) is 0. The van der Waals surface area contributed by atoms with Gasteiger partial charge in [-0.25, -0.2) is 24.6 Å². The summed E-state index contributed by atoms with van der Waals surface area (Å²) in [6.45, 7) is 1.06. The van der Waals surface area contributed by atoms with E-state index in [2.05, 4.69) is 0 Å². The third kappa shape index (κ3) is 2.84. The van der Waals surface area contributed by atoms with Crippen molar-refractivity contribution in [2.24, 2.45) is 0 Å². The smallest absolute Gasteiger partial charge is 0.234 e. The van der Waals surface area contributed by atoms with Gasteiger partial charge in [-0.2, -0.15) is 0 Å². The number of aryl methyl sites for hydroxylation is 1. The SMILES string of the molecule is Cc1cc([Si](F)(F)F)ccc1[Si](F)(F)F. The minimum Gasteiger partial charge on any atom is -0.234 e. The molecule has 0 N–H and O–H groups in total. The van der Waals surface area contributed by atoms with Crippen LogP contribution in [-0.2, 0) is 0 Å². The Labute approximate surface area is 84.6 Å². The molecule has 0 aliphatic rings. The van der Waals surface area contributed by atoms with E-state index in [9.17, 15) is 24.6 Å². The Morgan fingerprint density at radius 2 is 1.40 bits per heavy atom. The molecule has 0 radical (unpaired) electrons. The first-order chi connectivity index (χ1) is 6.62. The van der Waals surface area contributed by atoms with Crippen LogP contribution in [0.5, 0.6) is 0 Å². The van der Waals surface area contributed by atoms with Crippen molar-refractivity contribution in [1.82, 2.24) is 0 Å². The van der Waals surface area contributed by atoms with Gasteiger partial charge in [0.25, 0.3) is 0 Å². The van der Waals surface area contributed by atoms with Gasteiger partial charge in [-0.1, -0.05) is 18.2 Å². The summed E-state index contributed by atoms with van der Waals surface area (Å²) in [5.74, 6) is 0. The molecule has 0 saturated heterocycles. The summed E-state index contributed by atoms with van der Waals surface area (Å²) >= 11 is 0. The maximum absolute atomic E-state index is 12.3. The van der Waals surface area contributed by atoms with Gasteiger partial charge in [0, 0.05) is 10.4 Å². The van der Waals surface area contributed by atoms with E-state index in [1.165, 1.54) is 0 Å².